The van der Waals surface area contributed by atoms with Crippen molar-refractivity contribution >= 4 is 17.7 Å². The minimum Gasteiger partial charge on any atom is -0.495 e. The number of benzene rings is 3. The average molecular weight is 399 g/mol. The second kappa shape index (κ2) is 9.31. The molecule has 1 unspecified atom stereocenters. The number of hydrogen-bond acceptors (Lipinski definition) is 3. The highest BCUT2D eigenvalue weighted by atomic mass is 16.5. The zero-order valence-corrected chi connectivity index (χ0v) is 17.1. The molecular formula is C26H26N2O2. The van der Waals surface area contributed by atoms with Crippen LogP contribution in [-0.4, -0.2) is 43.6 Å². The summed E-state index contributed by atoms with van der Waals surface area (Å²) in [6.07, 6.45) is 4.24. The van der Waals surface area contributed by atoms with Crippen LogP contribution in [0, 0.1) is 0 Å². The van der Waals surface area contributed by atoms with E-state index in [1.165, 1.54) is 0 Å². The van der Waals surface area contributed by atoms with Crippen molar-refractivity contribution in [2.45, 2.75) is 6.04 Å². The number of ether oxygens (including phenoxy) is 1. The third-order valence-corrected chi connectivity index (χ3v) is 5.44. The van der Waals surface area contributed by atoms with Crippen LogP contribution in [0.3, 0.4) is 0 Å². The van der Waals surface area contributed by atoms with E-state index in [4.69, 9.17) is 4.74 Å². The molecule has 4 heteroatoms. The lowest BCUT2D eigenvalue weighted by atomic mass is 10.1. The topological polar surface area (TPSA) is 32.8 Å². The molecule has 152 valence electrons. The molecule has 0 aliphatic carbocycles. The Balaban J connectivity index is 1.62. The third kappa shape index (κ3) is 4.38. The molecule has 3 aromatic carbocycles. The van der Waals surface area contributed by atoms with E-state index in [0.29, 0.717) is 13.1 Å². The minimum atomic E-state index is -0.0448. The highest BCUT2D eigenvalue weighted by Crippen LogP contribution is 2.30. The van der Waals surface area contributed by atoms with Crippen LogP contribution < -0.4 is 9.64 Å². The number of hydrogen-bond donors (Lipinski definition) is 0. The summed E-state index contributed by atoms with van der Waals surface area (Å²) < 4.78 is 5.57. The SMILES string of the molecule is COc1ccccc1N1CCN(C(=O)c2ccccc2)C(C=Cc2ccccc2)C1. The summed E-state index contributed by atoms with van der Waals surface area (Å²) in [6, 6.07) is 27.7. The molecule has 4 rings (SSSR count). The van der Waals surface area contributed by atoms with Gasteiger partial charge in [-0.1, -0.05) is 72.8 Å². The number of amides is 1. The highest BCUT2D eigenvalue weighted by molar-refractivity contribution is 5.94. The van der Waals surface area contributed by atoms with Crippen molar-refractivity contribution in [1.29, 1.82) is 0 Å². The molecule has 1 atom stereocenters. The number of carbonyl (C=O) groups is 1. The van der Waals surface area contributed by atoms with Crippen LogP contribution in [-0.2, 0) is 0 Å². The number of methoxy groups -OCH3 is 1. The van der Waals surface area contributed by atoms with Gasteiger partial charge in [-0.25, -0.2) is 0 Å². The first-order valence-electron chi connectivity index (χ1n) is 10.2. The Morgan fingerprint density at radius 1 is 0.900 bits per heavy atom. The fourth-order valence-electron chi connectivity index (χ4n) is 3.87. The first-order chi connectivity index (χ1) is 14.8. The van der Waals surface area contributed by atoms with Gasteiger partial charge >= 0.3 is 0 Å². The Bertz CT molecular complexity index is 1000. The minimum absolute atomic E-state index is 0.0448. The molecule has 0 N–H and O–H groups in total. The Hall–Kier alpha value is -3.53. The number of rotatable bonds is 5. The molecule has 0 bridgehead atoms. The van der Waals surface area contributed by atoms with Gasteiger partial charge in [0.1, 0.15) is 5.75 Å². The smallest absolute Gasteiger partial charge is 0.254 e. The number of para-hydroxylation sites is 2. The van der Waals surface area contributed by atoms with E-state index < -0.39 is 0 Å². The van der Waals surface area contributed by atoms with Crippen LogP contribution in [0.4, 0.5) is 5.69 Å². The molecule has 0 radical (unpaired) electrons. The zero-order chi connectivity index (χ0) is 20.8. The Kier molecular flexibility index (Phi) is 6.14. The lowest BCUT2D eigenvalue weighted by Crippen LogP contribution is -2.54. The fourth-order valence-corrected chi connectivity index (χ4v) is 3.87. The molecular weight excluding hydrogens is 372 g/mol. The monoisotopic (exact) mass is 398 g/mol. The van der Waals surface area contributed by atoms with Crippen molar-refractivity contribution in [3.05, 3.63) is 102 Å². The Morgan fingerprint density at radius 3 is 2.30 bits per heavy atom. The van der Waals surface area contributed by atoms with Crippen LogP contribution in [0.1, 0.15) is 15.9 Å². The molecule has 1 aliphatic rings. The van der Waals surface area contributed by atoms with Gasteiger partial charge in [-0.3, -0.25) is 4.79 Å². The summed E-state index contributed by atoms with van der Waals surface area (Å²) in [7, 11) is 1.70. The number of anilines is 1. The lowest BCUT2D eigenvalue weighted by molar-refractivity contribution is 0.0697. The molecule has 3 aromatic rings. The summed E-state index contributed by atoms with van der Waals surface area (Å²) in [5.74, 6) is 0.920. The Morgan fingerprint density at radius 2 is 1.57 bits per heavy atom. The maximum atomic E-state index is 13.2. The summed E-state index contributed by atoms with van der Waals surface area (Å²) in [5, 5.41) is 0. The normalized spacial score (nSPS) is 16.6. The average Bonchev–Trinajstić information content (AvgIpc) is 2.83. The molecule has 30 heavy (non-hydrogen) atoms. The van der Waals surface area contributed by atoms with E-state index >= 15 is 0 Å². The quantitative estimate of drug-likeness (QED) is 0.622. The van der Waals surface area contributed by atoms with Crippen LogP contribution in [0.2, 0.25) is 0 Å². The molecule has 1 amide bonds. The summed E-state index contributed by atoms with van der Waals surface area (Å²) in [6.45, 7) is 2.12. The second-order valence-corrected chi connectivity index (χ2v) is 7.32. The summed E-state index contributed by atoms with van der Waals surface area (Å²) >= 11 is 0. The number of nitrogens with zero attached hydrogens (tertiary/aromatic N) is 2. The Labute approximate surface area is 178 Å². The standard InChI is InChI=1S/C26H26N2O2/c1-30-25-15-9-8-14-24(25)27-18-19-28(26(29)22-12-6-3-7-13-22)23(20-27)17-16-21-10-4-2-5-11-21/h2-17,23H,18-20H2,1H3. The van der Waals surface area contributed by atoms with Gasteiger partial charge in [0.05, 0.1) is 18.8 Å². The molecule has 0 aromatic heterocycles. The molecule has 1 fully saturated rings. The van der Waals surface area contributed by atoms with Gasteiger partial charge in [0.15, 0.2) is 0 Å². The zero-order valence-electron chi connectivity index (χ0n) is 17.1. The van der Waals surface area contributed by atoms with Crippen molar-refractivity contribution in [3.63, 3.8) is 0 Å². The van der Waals surface area contributed by atoms with Crippen molar-refractivity contribution < 1.29 is 9.53 Å². The van der Waals surface area contributed by atoms with Crippen molar-refractivity contribution in [3.8, 4) is 5.75 Å². The van der Waals surface area contributed by atoms with E-state index in [0.717, 1.165) is 29.1 Å². The van der Waals surface area contributed by atoms with Gasteiger partial charge in [0, 0.05) is 25.2 Å². The van der Waals surface area contributed by atoms with Gasteiger partial charge in [-0.05, 0) is 29.8 Å². The van der Waals surface area contributed by atoms with Gasteiger partial charge < -0.3 is 14.5 Å². The molecule has 4 nitrogen and oxygen atoms in total. The van der Waals surface area contributed by atoms with Gasteiger partial charge in [-0.15, -0.1) is 0 Å². The maximum Gasteiger partial charge on any atom is 0.254 e. The predicted molar refractivity (Wildman–Crippen MR) is 122 cm³/mol. The van der Waals surface area contributed by atoms with E-state index in [2.05, 4.69) is 35.3 Å². The van der Waals surface area contributed by atoms with E-state index in [9.17, 15) is 4.79 Å². The molecule has 1 saturated heterocycles. The summed E-state index contributed by atoms with van der Waals surface area (Å²) in [4.78, 5) is 17.5. The van der Waals surface area contributed by atoms with E-state index in [1.807, 2.05) is 71.6 Å². The first-order valence-corrected chi connectivity index (χ1v) is 10.2. The van der Waals surface area contributed by atoms with Crippen molar-refractivity contribution in [1.82, 2.24) is 4.90 Å². The molecule has 1 aliphatic heterocycles. The second-order valence-electron chi connectivity index (χ2n) is 7.32. The van der Waals surface area contributed by atoms with E-state index in [1.54, 1.807) is 7.11 Å². The summed E-state index contributed by atoms with van der Waals surface area (Å²) in [5.41, 5.74) is 2.91. The number of carbonyl (C=O) groups excluding carboxylic acids is 1. The number of piperazine rings is 1. The van der Waals surface area contributed by atoms with Crippen LogP contribution >= 0.6 is 0 Å². The largest absolute Gasteiger partial charge is 0.495 e. The van der Waals surface area contributed by atoms with Crippen molar-refractivity contribution in [2.75, 3.05) is 31.6 Å². The molecule has 0 spiro atoms. The van der Waals surface area contributed by atoms with Crippen molar-refractivity contribution in [2.24, 2.45) is 0 Å². The van der Waals surface area contributed by atoms with Crippen LogP contribution in [0.25, 0.3) is 6.08 Å². The van der Waals surface area contributed by atoms with Gasteiger partial charge in [0.2, 0.25) is 0 Å². The lowest BCUT2D eigenvalue weighted by Gasteiger charge is -2.41. The van der Waals surface area contributed by atoms with Gasteiger partial charge in [0.25, 0.3) is 5.91 Å². The highest BCUT2D eigenvalue weighted by Gasteiger charge is 2.30. The predicted octanol–water partition coefficient (Wildman–Crippen LogP) is 4.74. The third-order valence-electron chi connectivity index (χ3n) is 5.44. The first kappa shape index (κ1) is 19.8. The van der Waals surface area contributed by atoms with E-state index in [-0.39, 0.29) is 11.9 Å². The maximum absolute atomic E-state index is 13.2. The molecule has 0 saturated carbocycles. The van der Waals surface area contributed by atoms with Gasteiger partial charge in [-0.2, -0.15) is 0 Å². The fraction of sp³-hybridized carbons (Fsp3) is 0.192. The van der Waals surface area contributed by atoms with Crippen LogP contribution in [0.5, 0.6) is 5.75 Å². The molecule has 1 heterocycles. The van der Waals surface area contributed by atoms with Crippen LogP contribution in [0.15, 0.2) is 91.0 Å².